The van der Waals surface area contributed by atoms with Gasteiger partial charge >= 0.3 is 0 Å². The number of piperidine rings is 1. The van der Waals surface area contributed by atoms with Crippen LogP contribution < -0.4 is 10.6 Å². The standard InChI is InChI=1S/C14H30N4O2S/c1-13-7-4-5-10-18(13)11-6-8-16-14(15-2)17-9-12-21(3,19)20/h13H,4-12H2,1-3H3,(H2,15,16,17). The van der Waals surface area contributed by atoms with E-state index in [0.717, 1.165) is 19.5 Å². The molecule has 6 nitrogen and oxygen atoms in total. The van der Waals surface area contributed by atoms with Crippen LogP contribution >= 0.6 is 0 Å². The first-order chi connectivity index (χ1) is 9.92. The summed E-state index contributed by atoms with van der Waals surface area (Å²) in [5, 5.41) is 6.25. The lowest BCUT2D eigenvalue weighted by molar-refractivity contribution is 0.159. The maximum absolute atomic E-state index is 11.1. The fourth-order valence-corrected chi connectivity index (χ4v) is 3.03. The molecule has 7 heteroatoms. The first kappa shape index (κ1) is 18.2. The number of nitrogens with zero attached hydrogens (tertiary/aromatic N) is 2. The minimum absolute atomic E-state index is 0.124. The van der Waals surface area contributed by atoms with Crippen LogP contribution in [0.2, 0.25) is 0 Å². The third-order valence-electron chi connectivity index (χ3n) is 3.84. The molecule has 1 saturated heterocycles. The summed E-state index contributed by atoms with van der Waals surface area (Å²) in [4.78, 5) is 6.64. The second-order valence-corrected chi connectivity index (χ2v) is 8.05. The van der Waals surface area contributed by atoms with Gasteiger partial charge in [0.05, 0.1) is 5.75 Å². The topological polar surface area (TPSA) is 73.8 Å². The Kier molecular flexibility index (Phi) is 8.03. The second kappa shape index (κ2) is 9.25. The molecule has 124 valence electrons. The van der Waals surface area contributed by atoms with Crippen molar-refractivity contribution in [2.75, 3.05) is 45.2 Å². The molecule has 0 aromatic rings. The molecule has 1 atom stereocenters. The van der Waals surface area contributed by atoms with Crippen molar-refractivity contribution in [2.24, 2.45) is 4.99 Å². The SMILES string of the molecule is CN=C(NCCCN1CCCCC1C)NCCS(C)(=O)=O. The van der Waals surface area contributed by atoms with E-state index in [0.29, 0.717) is 18.5 Å². The summed E-state index contributed by atoms with van der Waals surface area (Å²) in [7, 11) is -1.23. The van der Waals surface area contributed by atoms with E-state index in [1.54, 1.807) is 7.05 Å². The molecule has 1 unspecified atom stereocenters. The predicted molar refractivity (Wildman–Crippen MR) is 88.6 cm³/mol. The number of hydrogen-bond donors (Lipinski definition) is 2. The monoisotopic (exact) mass is 318 g/mol. The highest BCUT2D eigenvalue weighted by Gasteiger charge is 2.17. The van der Waals surface area contributed by atoms with Crippen LogP contribution in [-0.4, -0.2) is 70.6 Å². The van der Waals surface area contributed by atoms with Crippen molar-refractivity contribution in [3.63, 3.8) is 0 Å². The van der Waals surface area contributed by atoms with Gasteiger partial charge in [-0.2, -0.15) is 0 Å². The van der Waals surface area contributed by atoms with Gasteiger partial charge in [0.1, 0.15) is 9.84 Å². The number of likely N-dealkylation sites (tertiary alicyclic amines) is 1. The first-order valence-electron chi connectivity index (χ1n) is 7.78. The van der Waals surface area contributed by atoms with Crippen LogP contribution in [0, 0.1) is 0 Å². The summed E-state index contributed by atoms with van der Waals surface area (Å²) in [5.74, 6) is 0.796. The maximum atomic E-state index is 11.1. The van der Waals surface area contributed by atoms with Gasteiger partial charge in [0.15, 0.2) is 5.96 Å². The average Bonchev–Trinajstić information content (AvgIpc) is 2.42. The normalized spacial score (nSPS) is 21.3. The van der Waals surface area contributed by atoms with E-state index >= 15 is 0 Å². The van der Waals surface area contributed by atoms with Crippen molar-refractivity contribution in [1.82, 2.24) is 15.5 Å². The molecule has 1 fully saturated rings. The minimum Gasteiger partial charge on any atom is -0.356 e. The molecule has 0 aliphatic carbocycles. The molecule has 1 aliphatic rings. The minimum atomic E-state index is -2.93. The lowest BCUT2D eigenvalue weighted by atomic mass is 10.0. The third-order valence-corrected chi connectivity index (χ3v) is 4.79. The zero-order valence-corrected chi connectivity index (χ0v) is 14.4. The highest BCUT2D eigenvalue weighted by atomic mass is 32.2. The highest BCUT2D eigenvalue weighted by Crippen LogP contribution is 2.15. The number of sulfone groups is 1. The second-order valence-electron chi connectivity index (χ2n) is 5.79. The fraction of sp³-hybridized carbons (Fsp3) is 0.929. The van der Waals surface area contributed by atoms with Crippen LogP contribution in [0.15, 0.2) is 4.99 Å². The molecular weight excluding hydrogens is 288 g/mol. The van der Waals surface area contributed by atoms with E-state index in [1.165, 1.54) is 32.1 Å². The summed E-state index contributed by atoms with van der Waals surface area (Å²) < 4.78 is 22.1. The molecule has 2 N–H and O–H groups in total. The van der Waals surface area contributed by atoms with E-state index in [-0.39, 0.29) is 5.75 Å². The summed E-state index contributed by atoms with van der Waals surface area (Å²) >= 11 is 0. The van der Waals surface area contributed by atoms with Crippen molar-refractivity contribution in [3.8, 4) is 0 Å². The Morgan fingerprint density at radius 3 is 2.62 bits per heavy atom. The Balaban J connectivity index is 2.14. The van der Waals surface area contributed by atoms with Crippen molar-refractivity contribution >= 4 is 15.8 Å². The highest BCUT2D eigenvalue weighted by molar-refractivity contribution is 7.90. The Morgan fingerprint density at radius 1 is 1.29 bits per heavy atom. The number of nitrogens with one attached hydrogen (secondary N) is 2. The van der Waals surface area contributed by atoms with Crippen molar-refractivity contribution in [1.29, 1.82) is 0 Å². The molecule has 1 heterocycles. The predicted octanol–water partition coefficient (Wildman–Crippen LogP) is 0.461. The zero-order valence-electron chi connectivity index (χ0n) is 13.6. The Bertz CT molecular complexity index is 423. The van der Waals surface area contributed by atoms with E-state index in [4.69, 9.17) is 0 Å². The molecule has 0 spiro atoms. The van der Waals surface area contributed by atoms with Gasteiger partial charge in [-0.3, -0.25) is 4.99 Å². The van der Waals surface area contributed by atoms with Crippen LogP contribution in [0.25, 0.3) is 0 Å². The summed E-state index contributed by atoms with van der Waals surface area (Å²) in [6.07, 6.45) is 6.28. The van der Waals surface area contributed by atoms with Gasteiger partial charge in [-0.25, -0.2) is 8.42 Å². The third kappa shape index (κ3) is 8.26. The lowest BCUT2D eigenvalue weighted by Crippen LogP contribution is -2.42. The molecule has 0 radical (unpaired) electrons. The van der Waals surface area contributed by atoms with Gasteiger partial charge in [0.25, 0.3) is 0 Å². The summed E-state index contributed by atoms with van der Waals surface area (Å²) in [5.41, 5.74) is 0. The van der Waals surface area contributed by atoms with Gasteiger partial charge in [-0.1, -0.05) is 6.42 Å². The molecule has 1 aliphatic heterocycles. The molecule has 1 rings (SSSR count). The fourth-order valence-electron chi connectivity index (χ4n) is 2.55. The van der Waals surface area contributed by atoms with Crippen LogP contribution in [0.4, 0.5) is 0 Å². The van der Waals surface area contributed by atoms with E-state index in [2.05, 4.69) is 27.4 Å². The quantitative estimate of drug-likeness (QED) is 0.405. The lowest BCUT2D eigenvalue weighted by Gasteiger charge is -2.33. The van der Waals surface area contributed by atoms with E-state index < -0.39 is 9.84 Å². The zero-order chi connectivity index (χ0) is 15.7. The Morgan fingerprint density at radius 2 is 2.00 bits per heavy atom. The van der Waals surface area contributed by atoms with Crippen molar-refractivity contribution in [2.45, 2.75) is 38.6 Å². The Hall–Kier alpha value is -0.820. The average molecular weight is 318 g/mol. The molecule has 0 aromatic carbocycles. The molecule has 21 heavy (non-hydrogen) atoms. The number of aliphatic imine (C=N–C) groups is 1. The van der Waals surface area contributed by atoms with Crippen LogP contribution in [0.1, 0.15) is 32.6 Å². The van der Waals surface area contributed by atoms with Crippen molar-refractivity contribution in [3.05, 3.63) is 0 Å². The number of guanidine groups is 1. The van der Waals surface area contributed by atoms with Crippen molar-refractivity contribution < 1.29 is 8.42 Å². The number of rotatable bonds is 7. The number of hydrogen-bond acceptors (Lipinski definition) is 4. The maximum Gasteiger partial charge on any atom is 0.191 e. The Labute approximate surface area is 129 Å². The molecule has 0 aromatic heterocycles. The van der Waals surface area contributed by atoms with Gasteiger partial charge in [-0.05, 0) is 32.7 Å². The summed E-state index contributed by atoms with van der Waals surface area (Å²) in [6.45, 7) is 5.86. The molecule has 0 saturated carbocycles. The van der Waals surface area contributed by atoms with Crippen LogP contribution in [-0.2, 0) is 9.84 Å². The van der Waals surface area contributed by atoms with Crippen LogP contribution in [0.5, 0.6) is 0 Å². The van der Waals surface area contributed by atoms with E-state index in [1.807, 2.05) is 0 Å². The van der Waals surface area contributed by atoms with Gasteiger partial charge in [0.2, 0.25) is 0 Å². The van der Waals surface area contributed by atoms with Gasteiger partial charge in [0, 0.05) is 39.0 Å². The molecule has 0 bridgehead atoms. The van der Waals surface area contributed by atoms with Gasteiger partial charge in [-0.15, -0.1) is 0 Å². The largest absolute Gasteiger partial charge is 0.356 e. The smallest absolute Gasteiger partial charge is 0.191 e. The van der Waals surface area contributed by atoms with Crippen LogP contribution in [0.3, 0.4) is 0 Å². The van der Waals surface area contributed by atoms with E-state index in [9.17, 15) is 8.42 Å². The summed E-state index contributed by atoms with van der Waals surface area (Å²) in [6, 6.07) is 0.700. The van der Waals surface area contributed by atoms with Gasteiger partial charge < -0.3 is 15.5 Å². The molecule has 0 amide bonds. The first-order valence-corrected chi connectivity index (χ1v) is 9.84. The molecular formula is C14H30N4O2S.